The van der Waals surface area contributed by atoms with E-state index < -0.39 is 17.7 Å². The van der Waals surface area contributed by atoms with Crippen LogP contribution in [-0.4, -0.2) is 57.6 Å². The quantitative estimate of drug-likeness (QED) is 0.268. The van der Waals surface area contributed by atoms with E-state index in [1.807, 2.05) is 42.0 Å². The minimum absolute atomic E-state index is 0.0477. The first-order valence-electron chi connectivity index (χ1n) is 12.4. The monoisotopic (exact) mass is 503 g/mol. The Morgan fingerprint density at radius 1 is 1.08 bits per heavy atom. The Morgan fingerprint density at radius 2 is 1.86 bits per heavy atom. The summed E-state index contributed by atoms with van der Waals surface area (Å²) < 4.78 is 18.8. The molecule has 0 saturated carbocycles. The number of rotatable bonds is 9. The summed E-state index contributed by atoms with van der Waals surface area (Å²) in [5, 5.41) is 11.4. The Bertz CT molecular complexity index is 1300. The van der Waals surface area contributed by atoms with Crippen molar-refractivity contribution in [2.24, 2.45) is 0 Å². The molecule has 2 aliphatic heterocycles. The number of amides is 1. The van der Waals surface area contributed by atoms with Crippen LogP contribution in [0.25, 0.3) is 5.76 Å². The van der Waals surface area contributed by atoms with Crippen LogP contribution in [0.2, 0.25) is 0 Å². The summed E-state index contributed by atoms with van der Waals surface area (Å²) in [5.74, 6) is 0.159. The molecule has 0 aliphatic carbocycles. The average Bonchev–Trinajstić information content (AvgIpc) is 3.54. The van der Waals surface area contributed by atoms with Crippen LogP contribution in [0.5, 0.6) is 17.2 Å². The molecule has 0 spiro atoms. The summed E-state index contributed by atoms with van der Waals surface area (Å²) in [5.41, 5.74) is 1.14. The Balaban J connectivity index is 1.50. The third-order valence-corrected chi connectivity index (χ3v) is 6.40. The van der Waals surface area contributed by atoms with Gasteiger partial charge >= 0.3 is 0 Å². The van der Waals surface area contributed by atoms with Crippen LogP contribution in [0.4, 0.5) is 0 Å². The maximum Gasteiger partial charge on any atom is 0.295 e. The Labute approximate surface area is 214 Å². The number of imidazole rings is 1. The van der Waals surface area contributed by atoms with Crippen LogP contribution >= 0.6 is 0 Å². The minimum Gasteiger partial charge on any atom is -0.507 e. The number of aliphatic hydroxyl groups is 1. The van der Waals surface area contributed by atoms with Crippen LogP contribution in [0.15, 0.2) is 66.8 Å². The van der Waals surface area contributed by atoms with Crippen LogP contribution in [0.3, 0.4) is 0 Å². The first kappa shape index (κ1) is 24.4. The first-order chi connectivity index (χ1) is 18.1. The molecule has 1 aromatic heterocycles. The average molecular weight is 504 g/mol. The van der Waals surface area contributed by atoms with Crippen molar-refractivity contribution in [2.75, 3.05) is 26.4 Å². The lowest BCUT2D eigenvalue weighted by Crippen LogP contribution is -2.31. The number of Topliss-reactive ketones (excluding diaryl/α,β-unsaturated/α-hetero) is 1. The number of likely N-dealkylation sites (tertiary alicyclic amines) is 1. The van der Waals surface area contributed by atoms with Gasteiger partial charge in [-0.1, -0.05) is 19.1 Å². The van der Waals surface area contributed by atoms with Gasteiger partial charge in [-0.15, -0.1) is 0 Å². The normalized spacial score (nSPS) is 18.3. The topological polar surface area (TPSA) is 103 Å². The number of nitrogens with zero attached hydrogens (tertiary/aromatic N) is 3. The highest BCUT2D eigenvalue weighted by atomic mass is 16.6. The van der Waals surface area contributed by atoms with Crippen LogP contribution in [-0.2, 0) is 16.1 Å². The smallest absolute Gasteiger partial charge is 0.295 e. The molecule has 0 bridgehead atoms. The SMILES string of the molecule is CCCOc1ccc([C@@H]2/C(=C(\O)c3ccc4c(c3)OCCO4)C(=O)C(=O)N2CCCn2ccnc2)cc1. The first-order valence-corrected chi connectivity index (χ1v) is 12.4. The van der Waals surface area contributed by atoms with E-state index in [4.69, 9.17) is 14.2 Å². The lowest BCUT2D eigenvalue weighted by Gasteiger charge is -2.26. The van der Waals surface area contributed by atoms with Gasteiger partial charge < -0.3 is 28.8 Å². The van der Waals surface area contributed by atoms with Gasteiger partial charge in [0.2, 0.25) is 0 Å². The highest BCUT2D eigenvalue weighted by Crippen LogP contribution is 2.41. The summed E-state index contributed by atoms with van der Waals surface area (Å²) >= 11 is 0. The van der Waals surface area contributed by atoms with Gasteiger partial charge in [0, 0.05) is 31.0 Å². The molecule has 0 radical (unpaired) electrons. The lowest BCUT2D eigenvalue weighted by atomic mass is 9.95. The van der Waals surface area contributed by atoms with Crippen molar-refractivity contribution >= 4 is 17.4 Å². The maximum absolute atomic E-state index is 13.3. The summed E-state index contributed by atoms with van der Waals surface area (Å²) in [4.78, 5) is 32.1. The van der Waals surface area contributed by atoms with E-state index >= 15 is 0 Å². The predicted octanol–water partition coefficient (Wildman–Crippen LogP) is 3.96. The van der Waals surface area contributed by atoms with Gasteiger partial charge in [0.05, 0.1) is 24.5 Å². The maximum atomic E-state index is 13.3. The van der Waals surface area contributed by atoms with E-state index in [1.54, 1.807) is 30.7 Å². The number of hydrogen-bond donors (Lipinski definition) is 1. The molecule has 5 rings (SSSR count). The summed E-state index contributed by atoms with van der Waals surface area (Å²) in [6.45, 7) is 4.44. The standard InChI is InChI=1S/C28H29N3O6/c1-2-14-35-21-7-4-19(5-8-21)25-24(26(32)20-6-9-22-23(17-20)37-16-15-36-22)27(33)28(34)31(25)12-3-11-30-13-10-29-18-30/h4-10,13,17-18,25,32H,2-3,11-12,14-16H2,1H3/b26-24+/t25-/m1/s1. The van der Waals surface area contributed by atoms with Gasteiger partial charge in [-0.2, -0.15) is 0 Å². The number of ether oxygens (including phenoxy) is 3. The molecule has 192 valence electrons. The van der Waals surface area contributed by atoms with Gasteiger partial charge in [-0.25, -0.2) is 4.98 Å². The highest BCUT2D eigenvalue weighted by molar-refractivity contribution is 6.46. The molecule has 1 amide bonds. The molecule has 1 fully saturated rings. The van der Waals surface area contributed by atoms with Crippen LogP contribution in [0, 0.1) is 0 Å². The van der Waals surface area contributed by atoms with Crippen molar-refractivity contribution in [1.29, 1.82) is 0 Å². The molecular formula is C28H29N3O6. The number of aryl methyl sites for hydroxylation is 1. The lowest BCUT2D eigenvalue weighted by molar-refractivity contribution is -0.139. The van der Waals surface area contributed by atoms with Crippen LogP contribution < -0.4 is 14.2 Å². The van der Waals surface area contributed by atoms with Crippen molar-refractivity contribution in [3.8, 4) is 17.2 Å². The number of aliphatic hydroxyl groups excluding tert-OH is 1. The Hall–Kier alpha value is -4.27. The second-order valence-corrected chi connectivity index (χ2v) is 8.92. The van der Waals surface area contributed by atoms with Gasteiger partial charge in [0.1, 0.15) is 24.7 Å². The zero-order valence-electron chi connectivity index (χ0n) is 20.6. The molecule has 37 heavy (non-hydrogen) atoms. The molecule has 1 atom stereocenters. The second-order valence-electron chi connectivity index (χ2n) is 8.92. The molecule has 1 saturated heterocycles. The summed E-state index contributed by atoms with van der Waals surface area (Å²) in [6.07, 6.45) is 6.75. The zero-order chi connectivity index (χ0) is 25.8. The Morgan fingerprint density at radius 3 is 2.59 bits per heavy atom. The summed E-state index contributed by atoms with van der Waals surface area (Å²) in [6, 6.07) is 11.6. The number of hydrogen-bond acceptors (Lipinski definition) is 7. The van der Waals surface area contributed by atoms with E-state index in [0.29, 0.717) is 67.7 Å². The van der Waals surface area contributed by atoms with Crippen molar-refractivity contribution in [2.45, 2.75) is 32.4 Å². The van der Waals surface area contributed by atoms with E-state index in [9.17, 15) is 14.7 Å². The largest absolute Gasteiger partial charge is 0.507 e. The van der Waals surface area contributed by atoms with Gasteiger partial charge in [0.25, 0.3) is 11.7 Å². The minimum atomic E-state index is -0.740. The molecule has 2 aliphatic rings. The highest BCUT2D eigenvalue weighted by Gasteiger charge is 2.45. The van der Waals surface area contributed by atoms with E-state index in [2.05, 4.69) is 4.98 Å². The molecule has 0 unspecified atom stereocenters. The zero-order valence-corrected chi connectivity index (χ0v) is 20.6. The van der Waals surface area contributed by atoms with Gasteiger partial charge in [0.15, 0.2) is 11.5 Å². The number of benzene rings is 2. The molecule has 3 heterocycles. The number of carbonyl (C=O) groups excluding carboxylic acids is 2. The third kappa shape index (κ3) is 5.02. The van der Waals surface area contributed by atoms with Crippen LogP contribution in [0.1, 0.15) is 36.9 Å². The number of ketones is 1. The van der Waals surface area contributed by atoms with Crippen molar-refractivity contribution < 1.29 is 28.9 Å². The predicted molar refractivity (Wildman–Crippen MR) is 136 cm³/mol. The number of fused-ring (bicyclic) bond motifs is 1. The van der Waals surface area contributed by atoms with E-state index in [1.165, 1.54) is 4.90 Å². The fourth-order valence-corrected chi connectivity index (χ4v) is 4.61. The molecule has 9 heteroatoms. The number of carbonyl (C=O) groups is 2. The fraction of sp³-hybridized carbons (Fsp3) is 0.321. The molecule has 1 N–H and O–H groups in total. The fourth-order valence-electron chi connectivity index (χ4n) is 4.61. The van der Waals surface area contributed by atoms with E-state index in [-0.39, 0.29) is 11.3 Å². The van der Waals surface area contributed by atoms with E-state index in [0.717, 1.165) is 6.42 Å². The molecular weight excluding hydrogens is 474 g/mol. The third-order valence-electron chi connectivity index (χ3n) is 6.40. The van der Waals surface area contributed by atoms with Crippen molar-refractivity contribution in [3.63, 3.8) is 0 Å². The van der Waals surface area contributed by atoms with Gasteiger partial charge in [-0.3, -0.25) is 9.59 Å². The van der Waals surface area contributed by atoms with Crippen molar-refractivity contribution in [1.82, 2.24) is 14.5 Å². The Kier molecular flexibility index (Phi) is 7.11. The molecule has 2 aromatic carbocycles. The molecule has 3 aromatic rings. The van der Waals surface area contributed by atoms with Crippen molar-refractivity contribution in [3.05, 3.63) is 77.9 Å². The number of aromatic nitrogens is 2. The summed E-state index contributed by atoms with van der Waals surface area (Å²) in [7, 11) is 0. The molecule has 9 nitrogen and oxygen atoms in total. The van der Waals surface area contributed by atoms with Gasteiger partial charge in [-0.05, 0) is 48.7 Å². The second kappa shape index (κ2) is 10.8.